The van der Waals surface area contributed by atoms with Gasteiger partial charge in [0.05, 0.1) is 43.3 Å². The van der Waals surface area contributed by atoms with Crippen LogP contribution in [-0.2, 0) is 9.47 Å². The molecule has 0 amide bonds. The van der Waals surface area contributed by atoms with Gasteiger partial charge in [0, 0.05) is 35.7 Å². The van der Waals surface area contributed by atoms with E-state index in [0.717, 1.165) is 22.0 Å². The maximum absolute atomic E-state index is 9.72. The van der Waals surface area contributed by atoms with Crippen LogP contribution < -0.4 is 14.8 Å². The number of aromatic nitrogens is 3. The molecule has 2 N–H and O–H groups in total. The third kappa shape index (κ3) is 4.83. The fourth-order valence-corrected chi connectivity index (χ4v) is 4.08. The molecular formula is C25H26N6O4. The molecule has 0 saturated carbocycles. The zero-order valence-electron chi connectivity index (χ0n) is 19.6. The first-order chi connectivity index (χ1) is 17.2. The van der Waals surface area contributed by atoms with Gasteiger partial charge in [-0.25, -0.2) is 0 Å². The summed E-state index contributed by atoms with van der Waals surface area (Å²) in [6, 6.07) is 11.8. The summed E-state index contributed by atoms with van der Waals surface area (Å²) < 4.78 is 22.7. The molecule has 1 aliphatic heterocycles. The van der Waals surface area contributed by atoms with Crippen LogP contribution in [0, 0.1) is 11.3 Å². The molecular weight excluding hydrogens is 448 g/mol. The summed E-state index contributed by atoms with van der Waals surface area (Å²) in [7, 11) is 3.58. The summed E-state index contributed by atoms with van der Waals surface area (Å²) in [5.41, 5.74) is 3.41. The highest BCUT2D eigenvalue weighted by Gasteiger charge is 2.19. The van der Waals surface area contributed by atoms with Gasteiger partial charge in [-0.2, -0.15) is 10.4 Å². The fourth-order valence-electron chi connectivity index (χ4n) is 4.08. The average molecular weight is 475 g/mol. The molecule has 5 rings (SSSR count). The Morgan fingerprint density at radius 1 is 1.23 bits per heavy atom. The van der Waals surface area contributed by atoms with Crippen LogP contribution in [0.15, 0.2) is 42.7 Å². The third-order valence-corrected chi connectivity index (χ3v) is 5.87. The lowest BCUT2D eigenvalue weighted by molar-refractivity contribution is -0.0590. The SMILES string of the molecule is COc1c(OCCN(C)CC2OCCO2)ccc2c(Nc3ccc4cn[nH]c4c3)c(C#N)cnc12. The molecule has 0 radical (unpaired) electrons. The maximum Gasteiger partial charge on any atom is 0.187 e. The second-order valence-electron chi connectivity index (χ2n) is 8.23. The minimum atomic E-state index is -0.186. The highest BCUT2D eigenvalue weighted by Crippen LogP contribution is 2.39. The first-order valence-corrected chi connectivity index (χ1v) is 11.3. The number of nitrogens with one attached hydrogen (secondary N) is 2. The summed E-state index contributed by atoms with van der Waals surface area (Å²) in [5, 5.41) is 21.9. The van der Waals surface area contributed by atoms with Crippen molar-refractivity contribution in [1.82, 2.24) is 20.1 Å². The number of nitriles is 1. The van der Waals surface area contributed by atoms with E-state index in [1.54, 1.807) is 19.5 Å². The molecule has 10 nitrogen and oxygen atoms in total. The van der Waals surface area contributed by atoms with Crippen LogP contribution in [-0.4, -0.2) is 73.4 Å². The van der Waals surface area contributed by atoms with E-state index in [-0.39, 0.29) is 6.29 Å². The van der Waals surface area contributed by atoms with Crippen molar-refractivity contribution >= 4 is 33.2 Å². The Kier molecular flexibility index (Phi) is 6.63. The summed E-state index contributed by atoms with van der Waals surface area (Å²) in [6.07, 6.45) is 3.12. The average Bonchev–Trinajstić information content (AvgIpc) is 3.55. The zero-order chi connectivity index (χ0) is 24.2. The van der Waals surface area contributed by atoms with E-state index in [2.05, 4.69) is 31.5 Å². The molecule has 10 heteroatoms. The molecule has 0 atom stereocenters. The van der Waals surface area contributed by atoms with E-state index in [1.807, 2.05) is 37.4 Å². The summed E-state index contributed by atoms with van der Waals surface area (Å²) in [6.45, 7) is 3.09. The van der Waals surface area contributed by atoms with Crippen molar-refractivity contribution in [3.8, 4) is 17.6 Å². The van der Waals surface area contributed by atoms with Gasteiger partial charge in [-0.3, -0.25) is 15.0 Å². The number of pyridine rings is 1. The molecule has 2 aromatic heterocycles. The number of methoxy groups -OCH3 is 1. The van der Waals surface area contributed by atoms with Gasteiger partial charge in [0.15, 0.2) is 17.8 Å². The largest absolute Gasteiger partial charge is 0.491 e. The van der Waals surface area contributed by atoms with Gasteiger partial charge in [-0.1, -0.05) is 0 Å². The standard InChI is InChI=1S/C25H26N6O4/c1-31(15-22-34-9-10-35-22)7-8-33-21-6-5-19-23(17(12-26)13-27-24(19)25(21)32-2)29-18-4-3-16-14-28-30-20(16)11-18/h3-6,11,13-14,22H,7-10,15H2,1-2H3,(H,27,29)(H,28,30). The van der Waals surface area contributed by atoms with Crippen molar-refractivity contribution in [2.45, 2.75) is 6.29 Å². The number of H-pyrrole nitrogens is 1. The highest BCUT2D eigenvalue weighted by atomic mass is 16.7. The number of nitrogens with zero attached hydrogens (tertiary/aromatic N) is 4. The number of fused-ring (bicyclic) bond motifs is 2. The van der Waals surface area contributed by atoms with Gasteiger partial charge in [-0.05, 0) is 37.4 Å². The first-order valence-electron chi connectivity index (χ1n) is 11.3. The van der Waals surface area contributed by atoms with Gasteiger partial charge in [0.25, 0.3) is 0 Å². The molecule has 2 aromatic carbocycles. The number of anilines is 2. The Morgan fingerprint density at radius 2 is 2.09 bits per heavy atom. The van der Waals surface area contributed by atoms with Crippen LogP contribution in [0.25, 0.3) is 21.8 Å². The first kappa shape index (κ1) is 22.9. The number of hydrogen-bond donors (Lipinski definition) is 2. The van der Waals surface area contributed by atoms with Crippen molar-refractivity contribution < 1.29 is 18.9 Å². The number of hydrogen-bond acceptors (Lipinski definition) is 9. The molecule has 35 heavy (non-hydrogen) atoms. The Bertz CT molecular complexity index is 1380. The van der Waals surface area contributed by atoms with Crippen molar-refractivity contribution in [2.75, 3.05) is 52.4 Å². The summed E-state index contributed by atoms with van der Waals surface area (Å²) >= 11 is 0. The van der Waals surface area contributed by atoms with Crippen LogP contribution >= 0.6 is 0 Å². The van der Waals surface area contributed by atoms with E-state index in [9.17, 15) is 5.26 Å². The number of benzene rings is 2. The Balaban J connectivity index is 1.38. The normalized spacial score (nSPS) is 14.0. The van der Waals surface area contributed by atoms with Gasteiger partial charge in [0.1, 0.15) is 18.2 Å². The second-order valence-corrected chi connectivity index (χ2v) is 8.23. The van der Waals surface area contributed by atoms with Crippen LogP contribution in [0.3, 0.4) is 0 Å². The van der Waals surface area contributed by atoms with Crippen molar-refractivity contribution in [2.24, 2.45) is 0 Å². The van der Waals surface area contributed by atoms with Crippen molar-refractivity contribution in [3.05, 3.63) is 48.3 Å². The van der Waals surface area contributed by atoms with Crippen LogP contribution in [0.5, 0.6) is 11.5 Å². The molecule has 0 bridgehead atoms. The monoisotopic (exact) mass is 474 g/mol. The van der Waals surface area contributed by atoms with Gasteiger partial charge in [-0.15, -0.1) is 0 Å². The van der Waals surface area contributed by atoms with Crippen LogP contribution in [0.1, 0.15) is 5.56 Å². The van der Waals surface area contributed by atoms with Crippen LogP contribution in [0.2, 0.25) is 0 Å². The Morgan fingerprint density at radius 3 is 2.89 bits per heavy atom. The molecule has 3 heterocycles. The Labute approximate surface area is 202 Å². The molecule has 0 spiro atoms. The lowest BCUT2D eigenvalue weighted by atomic mass is 10.1. The number of likely N-dealkylation sites (N-methyl/N-ethyl adjacent to an activating group) is 1. The predicted octanol–water partition coefficient (Wildman–Crippen LogP) is 3.42. The minimum Gasteiger partial charge on any atom is -0.491 e. The second kappa shape index (κ2) is 10.1. The topological polar surface area (TPSA) is 118 Å². The van der Waals surface area contributed by atoms with E-state index < -0.39 is 0 Å². The fraction of sp³-hybridized carbons (Fsp3) is 0.320. The lowest BCUT2D eigenvalue weighted by Crippen LogP contribution is -2.32. The van der Waals surface area contributed by atoms with Crippen molar-refractivity contribution in [3.63, 3.8) is 0 Å². The van der Waals surface area contributed by atoms with Crippen LogP contribution in [0.4, 0.5) is 11.4 Å². The molecule has 1 saturated heterocycles. The van der Waals surface area contributed by atoms with E-state index in [4.69, 9.17) is 18.9 Å². The van der Waals surface area contributed by atoms with E-state index >= 15 is 0 Å². The quantitative estimate of drug-likeness (QED) is 0.376. The van der Waals surface area contributed by atoms with Crippen molar-refractivity contribution in [1.29, 1.82) is 5.26 Å². The van der Waals surface area contributed by atoms with Gasteiger partial charge in [0.2, 0.25) is 0 Å². The summed E-state index contributed by atoms with van der Waals surface area (Å²) in [5.74, 6) is 1.10. The third-order valence-electron chi connectivity index (χ3n) is 5.87. The molecule has 0 aliphatic carbocycles. The van der Waals surface area contributed by atoms with Gasteiger partial charge < -0.3 is 24.3 Å². The highest BCUT2D eigenvalue weighted by molar-refractivity contribution is 6.00. The number of rotatable bonds is 9. The molecule has 1 aliphatic rings. The predicted molar refractivity (Wildman–Crippen MR) is 131 cm³/mol. The van der Waals surface area contributed by atoms with E-state index in [0.29, 0.717) is 61.2 Å². The molecule has 4 aromatic rings. The lowest BCUT2D eigenvalue weighted by Gasteiger charge is -2.20. The Hall–Kier alpha value is -3.91. The molecule has 180 valence electrons. The minimum absolute atomic E-state index is 0.186. The maximum atomic E-state index is 9.72. The zero-order valence-corrected chi connectivity index (χ0v) is 19.6. The summed E-state index contributed by atoms with van der Waals surface area (Å²) in [4.78, 5) is 6.61. The van der Waals surface area contributed by atoms with Gasteiger partial charge >= 0.3 is 0 Å². The molecule has 0 unspecified atom stereocenters. The number of ether oxygens (including phenoxy) is 4. The van der Waals surface area contributed by atoms with E-state index in [1.165, 1.54) is 0 Å². The molecule has 1 fully saturated rings. The smallest absolute Gasteiger partial charge is 0.187 e. The number of aromatic amines is 1.